The lowest BCUT2D eigenvalue weighted by molar-refractivity contribution is -0.136. The molecule has 2 aliphatic rings. The number of nitrogens with one attached hydrogen (secondary N) is 1. The molecular weight excluding hydrogens is 316 g/mol. The van der Waals surface area contributed by atoms with Crippen LogP contribution in [0, 0.1) is 0 Å². The molecule has 0 aliphatic carbocycles. The average molecular weight is 344 g/mol. The molecule has 0 spiro atoms. The molecule has 2 heterocycles. The lowest BCUT2D eigenvalue weighted by atomic mass is 10.2. The van der Waals surface area contributed by atoms with Crippen LogP contribution in [0.5, 0.6) is 0 Å². The Kier molecular flexibility index (Phi) is 5.91. The van der Waals surface area contributed by atoms with E-state index in [0.717, 1.165) is 38.4 Å². The first-order valence-electron chi connectivity index (χ1n) is 9.30. The predicted octanol–water partition coefficient (Wildman–Crippen LogP) is 1.78. The second-order valence-electron chi connectivity index (χ2n) is 6.78. The van der Waals surface area contributed by atoms with Crippen molar-refractivity contribution in [1.82, 2.24) is 9.80 Å². The highest BCUT2D eigenvalue weighted by atomic mass is 16.2. The Bertz CT molecular complexity index is 588. The van der Waals surface area contributed by atoms with Crippen LogP contribution < -0.4 is 10.2 Å². The van der Waals surface area contributed by atoms with E-state index < -0.39 is 0 Å². The summed E-state index contributed by atoms with van der Waals surface area (Å²) in [5, 5.41) is 2.83. The Morgan fingerprint density at radius 2 is 1.60 bits per heavy atom. The van der Waals surface area contributed by atoms with E-state index in [0.29, 0.717) is 13.1 Å². The van der Waals surface area contributed by atoms with Crippen molar-refractivity contribution in [2.75, 3.05) is 56.0 Å². The molecule has 2 aliphatic heterocycles. The van der Waals surface area contributed by atoms with E-state index in [1.54, 1.807) is 4.90 Å². The van der Waals surface area contributed by atoms with Gasteiger partial charge in [-0.05, 0) is 43.7 Å². The normalized spacial score (nSPS) is 18.4. The molecule has 6 nitrogen and oxygen atoms in total. The fourth-order valence-electron chi connectivity index (χ4n) is 3.50. The molecule has 3 rings (SSSR count). The van der Waals surface area contributed by atoms with Crippen molar-refractivity contribution in [1.29, 1.82) is 0 Å². The molecule has 25 heavy (non-hydrogen) atoms. The first-order chi connectivity index (χ1) is 12.2. The fraction of sp³-hybridized carbons (Fsp3) is 0.579. The number of nitrogens with zero attached hydrogens (tertiary/aromatic N) is 3. The second kappa shape index (κ2) is 8.34. The van der Waals surface area contributed by atoms with Crippen molar-refractivity contribution >= 4 is 23.2 Å². The smallest absolute Gasteiger partial charge is 0.233 e. The van der Waals surface area contributed by atoms with E-state index in [2.05, 4.69) is 22.0 Å². The number of hydrogen-bond acceptors (Lipinski definition) is 4. The van der Waals surface area contributed by atoms with Gasteiger partial charge in [0.15, 0.2) is 0 Å². The average Bonchev–Trinajstić information content (AvgIpc) is 3.17. The zero-order valence-electron chi connectivity index (χ0n) is 15.0. The molecule has 0 aromatic heterocycles. The van der Waals surface area contributed by atoms with Crippen LogP contribution in [0.25, 0.3) is 0 Å². The quantitative estimate of drug-likeness (QED) is 0.828. The Morgan fingerprint density at radius 3 is 2.20 bits per heavy atom. The number of carbonyl (C=O) groups excluding carboxylic acids is 2. The van der Waals surface area contributed by atoms with E-state index in [1.807, 2.05) is 24.3 Å². The van der Waals surface area contributed by atoms with Crippen LogP contribution in [0.3, 0.4) is 0 Å². The molecule has 0 bridgehead atoms. The molecule has 2 amide bonds. The number of hydrogen-bond donors (Lipinski definition) is 1. The highest BCUT2D eigenvalue weighted by Gasteiger charge is 2.22. The molecule has 0 saturated carbocycles. The van der Waals surface area contributed by atoms with Crippen molar-refractivity contribution < 1.29 is 9.59 Å². The van der Waals surface area contributed by atoms with Crippen LogP contribution in [-0.2, 0) is 9.59 Å². The summed E-state index contributed by atoms with van der Waals surface area (Å²) >= 11 is 0. The third-order valence-corrected chi connectivity index (χ3v) is 5.11. The van der Waals surface area contributed by atoms with Crippen LogP contribution >= 0.6 is 0 Å². The molecule has 1 aromatic rings. The van der Waals surface area contributed by atoms with Gasteiger partial charge >= 0.3 is 0 Å². The van der Waals surface area contributed by atoms with Gasteiger partial charge in [-0.25, -0.2) is 0 Å². The van der Waals surface area contributed by atoms with Gasteiger partial charge in [0.05, 0.1) is 0 Å². The maximum Gasteiger partial charge on any atom is 0.233 e. The summed E-state index contributed by atoms with van der Waals surface area (Å²) in [6, 6.07) is 7.89. The van der Waals surface area contributed by atoms with Crippen LogP contribution in [-0.4, -0.2) is 67.4 Å². The van der Waals surface area contributed by atoms with Crippen molar-refractivity contribution in [3.05, 3.63) is 24.3 Å². The highest BCUT2D eigenvalue weighted by molar-refractivity contribution is 6.03. The van der Waals surface area contributed by atoms with Gasteiger partial charge in [-0.1, -0.05) is 6.92 Å². The third kappa shape index (κ3) is 4.72. The van der Waals surface area contributed by atoms with Gasteiger partial charge in [-0.3, -0.25) is 9.59 Å². The van der Waals surface area contributed by atoms with Gasteiger partial charge in [-0.15, -0.1) is 0 Å². The van der Waals surface area contributed by atoms with Crippen molar-refractivity contribution in [2.45, 2.75) is 26.2 Å². The number of likely N-dealkylation sites (N-methyl/N-ethyl adjacent to an activating group) is 1. The number of anilines is 2. The predicted molar refractivity (Wildman–Crippen MR) is 99.8 cm³/mol. The number of rotatable bonds is 5. The maximum atomic E-state index is 12.3. The van der Waals surface area contributed by atoms with Crippen LogP contribution in [0.4, 0.5) is 11.4 Å². The topological polar surface area (TPSA) is 55.9 Å². The molecule has 0 unspecified atom stereocenters. The van der Waals surface area contributed by atoms with Gasteiger partial charge in [0.25, 0.3) is 0 Å². The molecule has 6 heteroatoms. The largest absolute Gasteiger partial charge is 0.372 e. The summed E-state index contributed by atoms with van der Waals surface area (Å²) in [7, 11) is 0. The lowest BCUT2D eigenvalue weighted by Crippen LogP contribution is -2.49. The number of amides is 2. The van der Waals surface area contributed by atoms with Gasteiger partial charge < -0.3 is 20.0 Å². The van der Waals surface area contributed by atoms with Crippen LogP contribution in [0.15, 0.2) is 24.3 Å². The van der Waals surface area contributed by atoms with E-state index in [-0.39, 0.29) is 18.2 Å². The zero-order valence-corrected chi connectivity index (χ0v) is 15.0. The Labute approximate surface area is 149 Å². The summed E-state index contributed by atoms with van der Waals surface area (Å²) < 4.78 is 0. The number of benzene rings is 1. The second-order valence-corrected chi connectivity index (χ2v) is 6.78. The van der Waals surface area contributed by atoms with Gasteiger partial charge in [-0.2, -0.15) is 0 Å². The molecule has 1 aromatic carbocycles. The zero-order chi connectivity index (χ0) is 17.6. The first kappa shape index (κ1) is 17.7. The monoisotopic (exact) mass is 344 g/mol. The Hall–Kier alpha value is -2.08. The van der Waals surface area contributed by atoms with Crippen molar-refractivity contribution in [2.24, 2.45) is 0 Å². The third-order valence-electron chi connectivity index (χ3n) is 5.11. The Balaban J connectivity index is 1.46. The Morgan fingerprint density at radius 1 is 0.960 bits per heavy atom. The first-order valence-corrected chi connectivity index (χ1v) is 9.30. The van der Waals surface area contributed by atoms with Crippen molar-refractivity contribution in [3.63, 3.8) is 0 Å². The lowest BCUT2D eigenvalue weighted by Gasteiger charge is -2.34. The van der Waals surface area contributed by atoms with Crippen LogP contribution in [0.1, 0.15) is 26.2 Å². The highest BCUT2D eigenvalue weighted by Crippen LogP contribution is 2.22. The van der Waals surface area contributed by atoms with E-state index in [1.165, 1.54) is 18.5 Å². The molecule has 1 N–H and O–H groups in total. The summed E-state index contributed by atoms with van der Waals surface area (Å²) in [6.45, 7) is 8.55. The molecule has 0 radical (unpaired) electrons. The number of piperazine rings is 1. The van der Waals surface area contributed by atoms with E-state index in [9.17, 15) is 9.59 Å². The number of carbonyl (C=O) groups is 2. The molecule has 136 valence electrons. The summed E-state index contributed by atoms with van der Waals surface area (Å²) in [4.78, 5) is 30.9. The van der Waals surface area contributed by atoms with Gasteiger partial charge in [0.1, 0.15) is 6.42 Å². The molecule has 2 fully saturated rings. The van der Waals surface area contributed by atoms with E-state index >= 15 is 0 Å². The van der Waals surface area contributed by atoms with E-state index in [4.69, 9.17) is 0 Å². The standard InChI is InChI=1S/C19H28N4O2/c1-2-21-11-13-23(14-12-21)19(25)15-18(24)20-16-5-7-17(8-6-16)22-9-3-4-10-22/h5-8H,2-4,9-15H2,1H3,(H,20,24). The summed E-state index contributed by atoms with van der Waals surface area (Å²) in [5.74, 6) is -0.321. The fourth-order valence-corrected chi connectivity index (χ4v) is 3.50. The molecule has 2 saturated heterocycles. The minimum Gasteiger partial charge on any atom is -0.372 e. The molecular formula is C19H28N4O2. The summed E-state index contributed by atoms with van der Waals surface area (Å²) in [6.07, 6.45) is 2.40. The molecule has 0 atom stereocenters. The minimum atomic E-state index is -0.239. The SMILES string of the molecule is CCN1CCN(C(=O)CC(=O)Nc2ccc(N3CCCC3)cc2)CC1. The van der Waals surface area contributed by atoms with Gasteiger partial charge in [0.2, 0.25) is 11.8 Å². The summed E-state index contributed by atoms with van der Waals surface area (Å²) in [5.41, 5.74) is 1.94. The maximum absolute atomic E-state index is 12.3. The minimum absolute atomic E-state index is 0.0815. The van der Waals surface area contributed by atoms with Crippen molar-refractivity contribution in [3.8, 4) is 0 Å². The van der Waals surface area contributed by atoms with Gasteiger partial charge in [0, 0.05) is 50.6 Å². The van der Waals surface area contributed by atoms with Crippen LogP contribution in [0.2, 0.25) is 0 Å².